The molecule has 0 atom stereocenters. The topological polar surface area (TPSA) is 15.9 Å². The molecule has 0 aliphatic carbocycles. The summed E-state index contributed by atoms with van der Waals surface area (Å²) in [4.78, 5) is 0. The third-order valence-corrected chi connectivity index (χ3v) is 1.98. The molecule has 10 heavy (non-hydrogen) atoms. The van der Waals surface area contributed by atoms with Crippen LogP contribution in [0.5, 0.6) is 0 Å². The molecule has 0 bridgehead atoms. The maximum atomic E-state index is 3.28. The second-order valence-corrected chi connectivity index (χ2v) is 3.67. The summed E-state index contributed by atoms with van der Waals surface area (Å²) in [6.45, 7) is 6.36. The van der Waals surface area contributed by atoms with E-state index in [0.717, 1.165) is 0 Å². The normalized spacial score (nSPS) is 10.4. The maximum Gasteiger partial charge on any atom is 0.263 e. The van der Waals surface area contributed by atoms with E-state index in [-0.39, 0.29) is 0 Å². The van der Waals surface area contributed by atoms with Crippen LogP contribution in [0.25, 0.3) is 0 Å². The van der Waals surface area contributed by atoms with Crippen LogP contribution in [-0.4, -0.2) is 6.04 Å². The molecule has 0 fully saturated rings. The third kappa shape index (κ3) is 1.70. The summed E-state index contributed by atoms with van der Waals surface area (Å²) in [5.41, 5.74) is 3.28. The van der Waals surface area contributed by atoms with Crippen LogP contribution < -0.4 is 10.1 Å². The first-order valence-corrected chi connectivity index (χ1v) is 4.30. The predicted molar refractivity (Wildman–Crippen MR) is 43.7 cm³/mol. The maximum absolute atomic E-state index is 3.28. The Kier molecular flexibility index (Phi) is 2.27. The van der Waals surface area contributed by atoms with Gasteiger partial charge in [-0.15, -0.1) is 0 Å². The lowest BCUT2D eigenvalue weighted by Crippen LogP contribution is -2.48. The van der Waals surface area contributed by atoms with Gasteiger partial charge in [-0.1, -0.05) is 16.0 Å². The monoisotopic (exact) mass is 157 g/mol. The lowest BCUT2D eigenvalue weighted by atomic mass is 10.4. The molecule has 1 rings (SSSR count). The van der Waals surface area contributed by atoms with Crippen molar-refractivity contribution in [2.75, 3.05) is 5.43 Å². The van der Waals surface area contributed by atoms with Gasteiger partial charge < -0.3 is 0 Å². The van der Waals surface area contributed by atoms with E-state index in [1.165, 1.54) is 5.01 Å². The first-order valence-electron chi connectivity index (χ1n) is 3.42. The Labute approximate surface area is 65.5 Å². The van der Waals surface area contributed by atoms with Crippen molar-refractivity contribution in [2.45, 2.75) is 26.8 Å². The van der Waals surface area contributed by atoms with Crippen molar-refractivity contribution < 1.29 is 4.68 Å². The molecule has 3 heteroatoms. The van der Waals surface area contributed by atoms with E-state index in [0.29, 0.717) is 6.04 Å². The van der Waals surface area contributed by atoms with Crippen LogP contribution in [0.2, 0.25) is 0 Å². The molecule has 0 saturated heterocycles. The van der Waals surface area contributed by atoms with E-state index in [2.05, 4.69) is 36.3 Å². The molecule has 1 aromatic rings. The molecule has 0 amide bonds. The molecule has 1 aromatic heterocycles. The Morgan fingerprint density at radius 1 is 1.60 bits per heavy atom. The summed E-state index contributed by atoms with van der Waals surface area (Å²) < 4.78 is 2.05. The molecule has 0 spiro atoms. The van der Waals surface area contributed by atoms with Crippen molar-refractivity contribution in [3.63, 3.8) is 0 Å². The van der Waals surface area contributed by atoms with Gasteiger partial charge in [-0.2, -0.15) is 5.43 Å². The highest BCUT2D eigenvalue weighted by atomic mass is 32.1. The molecule has 1 N–H and O–H groups in total. The van der Waals surface area contributed by atoms with Crippen LogP contribution in [-0.2, 0) is 0 Å². The van der Waals surface area contributed by atoms with E-state index in [1.54, 1.807) is 11.3 Å². The Balaban J connectivity index is 2.65. The number of aryl methyl sites for hydroxylation is 1. The fourth-order valence-electron chi connectivity index (χ4n) is 0.764. The minimum Gasteiger partial charge on any atom is -0.190 e. The van der Waals surface area contributed by atoms with Crippen LogP contribution >= 0.6 is 11.3 Å². The van der Waals surface area contributed by atoms with Crippen LogP contribution in [0.3, 0.4) is 0 Å². The van der Waals surface area contributed by atoms with Gasteiger partial charge in [0.2, 0.25) is 6.20 Å². The highest BCUT2D eigenvalue weighted by molar-refractivity contribution is 7.09. The van der Waals surface area contributed by atoms with Gasteiger partial charge in [0.05, 0.1) is 11.4 Å². The highest BCUT2D eigenvalue weighted by Crippen LogP contribution is 1.97. The van der Waals surface area contributed by atoms with E-state index in [9.17, 15) is 0 Å². The van der Waals surface area contributed by atoms with Crippen LogP contribution in [0.15, 0.2) is 11.6 Å². The van der Waals surface area contributed by atoms with Gasteiger partial charge in [0, 0.05) is 6.92 Å². The largest absolute Gasteiger partial charge is 0.263 e. The van der Waals surface area contributed by atoms with Gasteiger partial charge in [0.1, 0.15) is 0 Å². The van der Waals surface area contributed by atoms with Gasteiger partial charge in [0.15, 0.2) is 0 Å². The first-order chi connectivity index (χ1) is 4.70. The van der Waals surface area contributed by atoms with Crippen LogP contribution in [0, 0.1) is 6.92 Å². The number of aromatic nitrogens is 1. The standard InChI is InChI=1S/C7H13N2S/c1-6(2)8-9-4-5-10-7(9)3/h4-6,8H,1-3H3/q+1. The molecule has 0 saturated carbocycles. The summed E-state index contributed by atoms with van der Waals surface area (Å²) in [6.07, 6.45) is 2.04. The number of rotatable bonds is 2. The Morgan fingerprint density at radius 3 is 2.70 bits per heavy atom. The van der Waals surface area contributed by atoms with E-state index in [4.69, 9.17) is 0 Å². The number of hydrogen-bond acceptors (Lipinski definition) is 2. The minimum atomic E-state index is 0.498. The number of thiazole rings is 1. The van der Waals surface area contributed by atoms with Crippen molar-refractivity contribution in [2.24, 2.45) is 0 Å². The van der Waals surface area contributed by atoms with Crippen molar-refractivity contribution in [1.82, 2.24) is 0 Å². The zero-order valence-corrected chi connectivity index (χ0v) is 7.40. The smallest absolute Gasteiger partial charge is 0.190 e. The van der Waals surface area contributed by atoms with Gasteiger partial charge in [0.25, 0.3) is 5.01 Å². The van der Waals surface area contributed by atoms with Gasteiger partial charge in [-0.05, 0) is 13.8 Å². The molecule has 0 aromatic carbocycles. The molecule has 0 aliphatic rings. The lowest BCUT2D eigenvalue weighted by Gasteiger charge is -2.00. The van der Waals surface area contributed by atoms with Gasteiger partial charge in [-0.25, -0.2) is 0 Å². The fraction of sp³-hybridized carbons (Fsp3) is 0.571. The zero-order chi connectivity index (χ0) is 7.56. The van der Waals surface area contributed by atoms with Crippen molar-refractivity contribution in [3.05, 3.63) is 16.6 Å². The van der Waals surface area contributed by atoms with Gasteiger partial charge in [-0.3, -0.25) is 0 Å². The number of nitrogens with one attached hydrogen (secondary N) is 1. The predicted octanol–water partition coefficient (Wildman–Crippen LogP) is 1.30. The molecular weight excluding hydrogens is 144 g/mol. The van der Waals surface area contributed by atoms with Crippen LogP contribution in [0.1, 0.15) is 18.9 Å². The number of nitrogens with zero attached hydrogens (tertiary/aromatic N) is 1. The average Bonchev–Trinajstić information content (AvgIpc) is 2.15. The first kappa shape index (κ1) is 7.54. The molecule has 0 unspecified atom stereocenters. The number of hydrogen-bond donors (Lipinski definition) is 1. The third-order valence-electron chi connectivity index (χ3n) is 1.19. The van der Waals surface area contributed by atoms with Gasteiger partial charge >= 0.3 is 0 Å². The summed E-state index contributed by atoms with van der Waals surface area (Å²) in [6, 6.07) is 0.498. The van der Waals surface area contributed by atoms with Crippen molar-refractivity contribution in [1.29, 1.82) is 0 Å². The summed E-state index contributed by atoms with van der Waals surface area (Å²) in [5, 5.41) is 3.36. The quantitative estimate of drug-likeness (QED) is 0.640. The summed E-state index contributed by atoms with van der Waals surface area (Å²) >= 11 is 1.75. The summed E-state index contributed by atoms with van der Waals surface area (Å²) in [5.74, 6) is 0. The Hall–Kier alpha value is -0.570. The second-order valence-electron chi connectivity index (χ2n) is 2.58. The molecule has 2 nitrogen and oxygen atoms in total. The Morgan fingerprint density at radius 2 is 2.30 bits per heavy atom. The molecular formula is C7H13N2S+. The zero-order valence-electron chi connectivity index (χ0n) is 6.59. The van der Waals surface area contributed by atoms with E-state index in [1.807, 2.05) is 6.20 Å². The lowest BCUT2D eigenvalue weighted by molar-refractivity contribution is -0.653. The average molecular weight is 157 g/mol. The summed E-state index contributed by atoms with van der Waals surface area (Å²) in [7, 11) is 0. The molecule has 0 aliphatic heterocycles. The van der Waals surface area contributed by atoms with Crippen molar-refractivity contribution >= 4 is 11.3 Å². The SMILES string of the molecule is Cc1scc[n+]1NC(C)C. The van der Waals surface area contributed by atoms with E-state index < -0.39 is 0 Å². The van der Waals surface area contributed by atoms with E-state index >= 15 is 0 Å². The molecule has 0 radical (unpaired) electrons. The van der Waals surface area contributed by atoms with Crippen LogP contribution in [0.4, 0.5) is 0 Å². The second kappa shape index (κ2) is 3.01. The highest BCUT2D eigenvalue weighted by Gasteiger charge is 2.06. The molecule has 56 valence electrons. The minimum absolute atomic E-state index is 0.498. The Bertz CT molecular complexity index is 205. The fourth-order valence-corrected chi connectivity index (χ4v) is 1.37. The molecule has 1 heterocycles. The van der Waals surface area contributed by atoms with Crippen molar-refractivity contribution in [3.8, 4) is 0 Å².